The van der Waals surface area contributed by atoms with Crippen molar-refractivity contribution in [3.05, 3.63) is 30.1 Å². The quantitative estimate of drug-likeness (QED) is 0.800. The van der Waals surface area contributed by atoms with Gasteiger partial charge in [-0.1, -0.05) is 0 Å². The van der Waals surface area contributed by atoms with Crippen LogP contribution in [0.5, 0.6) is 0 Å². The molecule has 0 spiro atoms. The number of hydrogen-bond acceptors (Lipinski definition) is 3. The zero-order valence-electron chi connectivity index (χ0n) is 10.5. The summed E-state index contributed by atoms with van der Waals surface area (Å²) in [4.78, 5) is 18.0. The normalized spacial score (nSPS) is 23.1. The van der Waals surface area contributed by atoms with Crippen LogP contribution in [0.15, 0.2) is 24.5 Å². The van der Waals surface area contributed by atoms with Crippen LogP contribution >= 0.6 is 0 Å². The molecule has 1 aliphatic carbocycles. The molecule has 1 aliphatic rings. The highest BCUT2D eigenvalue weighted by atomic mass is 16.2. The molecule has 0 N–H and O–H groups in total. The van der Waals surface area contributed by atoms with Crippen LogP contribution in [0.4, 0.5) is 0 Å². The molecule has 1 fully saturated rings. The Balaban J connectivity index is 1.98. The van der Waals surface area contributed by atoms with Gasteiger partial charge in [-0.25, -0.2) is 0 Å². The van der Waals surface area contributed by atoms with Gasteiger partial charge < -0.3 is 4.90 Å². The number of rotatable bonds is 2. The number of amides is 1. The van der Waals surface area contributed by atoms with E-state index in [-0.39, 0.29) is 17.9 Å². The van der Waals surface area contributed by atoms with E-state index in [2.05, 4.69) is 11.1 Å². The predicted octanol–water partition coefficient (Wildman–Crippen LogP) is 2.24. The van der Waals surface area contributed by atoms with Crippen LogP contribution in [-0.2, 0) is 0 Å². The van der Waals surface area contributed by atoms with Crippen molar-refractivity contribution in [3.8, 4) is 6.07 Å². The summed E-state index contributed by atoms with van der Waals surface area (Å²) in [7, 11) is 1.84. The Bertz CT molecular complexity index is 444. The smallest absolute Gasteiger partial charge is 0.255 e. The summed E-state index contributed by atoms with van der Waals surface area (Å²) in [6.07, 6.45) is 6.88. The fourth-order valence-electron chi connectivity index (χ4n) is 2.45. The van der Waals surface area contributed by atoms with Crippen LogP contribution in [-0.4, -0.2) is 28.9 Å². The number of hydrogen-bond donors (Lipinski definition) is 0. The summed E-state index contributed by atoms with van der Waals surface area (Å²) < 4.78 is 0. The van der Waals surface area contributed by atoms with E-state index in [0.29, 0.717) is 5.56 Å². The summed E-state index contributed by atoms with van der Waals surface area (Å²) in [5, 5.41) is 8.86. The van der Waals surface area contributed by atoms with Crippen LogP contribution in [0.1, 0.15) is 36.0 Å². The maximum Gasteiger partial charge on any atom is 0.255 e. The van der Waals surface area contributed by atoms with Crippen molar-refractivity contribution >= 4 is 5.91 Å². The number of aromatic nitrogens is 1. The number of carbonyl (C=O) groups is 1. The SMILES string of the molecule is CN(C(=O)c1cccnc1)C1CCC(C#N)CC1. The number of carbonyl (C=O) groups excluding carboxylic acids is 1. The topological polar surface area (TPSA) is 57.0 Å². The molecule has 1 aromatic rings. The van der Waals surface area contributed by atoms with Gasteiger partial charge >= 0.3 is 0 Å². The van der Waals surface area contributed by atoms with E-state index < -0.39 is 0 Å². The molecule has 1 heterocycles. The van der Waals surface area contributed by atoms with E-state index in [1.165, 1.54) is 0 Å². The van der Waals surface area contributed by atoms with E-state index >= 15 is 0 Å². The van der Waals surface area contributed by atoms with Gasteiger partial charge in [0.25, 0.3) is 5.91 Å². The average Bonchev–Trinajstić information content (AvgIpc) is 2.47. The lowest BCUT2D eigenvalue weighted by Crippen LogP contribution is -2.39. The second kappa shape index (κ2) is 5.63. The minimum atomic E-state index is 0.0171. The van der Waals surface area contributed by atoms with Crippen LogP contribution in [0.2, 0.25) is 0 Å². The fourth-order valence-corrected chi connectivity index (χ4v) is 2.45. The lowest BCUT2D eigenvalue weighted by molar-refractivity contribution is 0.0685. The molecular formula is C14H17N3O. The first-order valence-electron chi connectivity index (χ1n) is 6.29. The van der Waals surface area contributed by atoms with Gasteiger partial charge in [-0.05, 0) is 37.8 Å². The lowest BCUT2D eigenvalue weighted by atomic mass is 9.86. The Hall–Kier alpha value is -1.89. The molecular weight excluding hydrogens is 226 g/mol. The molecule has 1 saturated carbocycles. The van der Waals surface area contributed by atoms with Crippen molar-refractivity contribution in [3.63, 3.8) is 0 Å². The molecule has 18 heavy (non-hydrogen) atoms. The lowest BCUT2D eigenvalue weighted by Gasteiger charge is -2.32. The van der Waals surface area contributed by atoms with Crippen molar-refractivity contribution in [2.24, 2.45) is 5.92 Å². The summed E-state index contributed by atoms with van der Waals surface area (Å²) in [6.45, 7) is 0. The van der Waals surface area contributed by atoms with Crippen molar-refractivity contribution in [2.45, 2.75) is 31.7 Å². The fraction of sp³-hybridized carbons (Fsp3) is 0.500. The maximum absolute atomic E-state index is 12.2. The number of nitriles is 1. The summed E-state index contributed by atoms with van der Waals surface area (Å²) >= 11 is 0. The summed E-state index contributed by atoms with van der Waals surface area (Å²) in [5.74, 6) is 0.187. The van der Waals surface area contributed by atoms with Gasteiger partial charge in [-0.2, -0.15) is 5.26 Å². The highest BCUT2D eigenvalue weighted by molar-refractivity contribution is 5.93. The third kappa shape index (κ3) is 2.67. The average molecular weight is 243 g/mol. The maximum atomic E-state index is 12.2. The third-order valence-electron chi connectivity index (χ3n) is 3.66. The standard InChI is InChI=1S/C14H17N3O/c1-17(13-6-4-11(9-15)5-7-13)14(18)12-3-2-8-16-10-12/h2-3,8,10-11,13H,4-7H2,1H3. The number of nitrogens with zero attached hydrogens (tertiary/aromatic N) is 3. The van der Waals surface area contributed by atoms with E-state index in [9.17, 15) is 4.79 Å². The first-order chi connectivity index (χ1) is 8.72. The molecule has 0 aromatic carbocycles. The molecule has 0 radical (unpaired) electrons. The highest BCUT2D eigenvalue weighted by Crippen LogP contribution is 2.27. The van der Waals surface area contributed by atoms with Crippen LogP contribution in [0, 0.1) is 17.2 Å². The van der Waals surface area contributed by atoms with E-state index in [4.69, 9.17) is 5.26 Å². The minimum absolute atomic E-state index is 0.0171. The van der Waals surface area contributed by atoms with Crippen molar-refractivity contribution in [1.29, 1.82) is 5.26 Å². The molecule has 0 bridgehead atoms. The molecule has 1 aromatic heterocycles. The Kier molecular flexibility index (Phi) is 3.93. The van der Waals surface area contributed by atoms with Crippen molar-refractivity contribution in [2.75, 3.05) is 7.05 Å². The van der Waals surface area contributed by atoms with Crippen LogP contribution in [0.25, 0.3) is 0 Å². The Morgan fingerprint density at radius 3 is 2.72 bits per heavy atom. The van der Waals surface area contributed by atoms with E-state index in [1.807, 2.05) is 7.05 Å². The Labute approximate surface area is 107 Å². The molecule has 94 valence electrons. The van der Waals surface area contributed by atoms with Crippen molar-refractivity contribution in [1.82, 2.24) is 9.88 Å². The van der Waals surface area contributed by atoms with E-state index in [1.54, 1.807) is 29.4 Å². The molecule has 0 unspecified atom stereocenters. The van der Waals surface area contributed by atoms with Gasteiger partial charge in [-0.15, -0.1) is 0 Å². The van der Waals surface area contributed by atoms with Gasteiger partial charge in [-0.3, -0.25) is 9.78 Å². The first kappa shape index (κ1) is 12.6. The molecule has 4 nitrogen and oxygen atoms in total. The van der Waals surface area contributed by atoms with Gasteiger partial charge in [0.05, 0.1) is 11.6 Å². The highest BCUT2D eigenvalue weighted by Gasteiger charge is 2.26. The largest absolute Gasteiger partial charge is 0.339 e. The molecule has 1 amide bonds. The predicted molar refractivity (Wildman–Crippen MR) is 67.7 cm³/mol. The Morgan fingerprint density at radius 1 is 1.44 bits per heavy atom. The number of pyridine rings is 1. The zero-order chi connectivity index (χ0) is 13.0. The monoisotopic (exact) mass is 243 g/mol. The second-order valence-electron chi connectivity index (χ2n) is 4.79. The van der Waals surface area contributed by atoms with Gasteiger partial charge in [0.2, 0.25) is 0 Å². The molecule has 4 heteroatoms. The van der Waals surface area contributed by atoms with E-state index in [0.717, 1.165) is 25.7 Å². The zero-order valence-corrected chi connectivity index (χ0v) is 10.5. The van der Waals surface area contributed by atoms with Crippen LogP contribution in [0.3, 0.4) is 0 Å². The summed E-state index contributed by atoms with van der Waals surface area (Å²) in [6, 6.07) is 6.12. The third-order valence-corrected chi connectivity index (χ3v) is 3.66. The first-order valence-corrected chi connectivity index (χ1v) is 6.29. The summed E-state index contributed by atoms with van der Waals surface area (Å²) in [5.41, 5.74) is 0.627. The van der Waals surface area contributed by atoms with Crippen LogP contribution < -0.4 is 0 Å². The molecule has 0 atom stereocenters. The van der Waals surface area contributed by atoms with Gasteiger partial charge in [0, 0.05) is 31.4 Å². The van der Waals surface area contributed by atoms with Crippen molar-refractivity contribution < 1.29 is 4.79 Å². The minimum Gasteiger partial charge on any atom is -0.339 e. The molecule has 2 rings (SSSR count). The van der Waals surface area contributed by atoms with Gasteiger partial charge in [0.1, 0.15) is 0 Å². The Morgan fingerprint density at radius 2 is 2.17 bits per heavy atom. The second-order valence-corrected chi connectivity index (χ2v) is 4.79. The molecule has 0 saturated heterocycles. The molecule has 0 aliphatic heterocycles. The van der Waals surface area contributed by atoms with Gasteiger partial charge in [0.15, 0.2) is 0 Å².